The number of benzene rings is 1. The number of hydrogen-bond donors (Lipinski definition) is 0. The van der Waals surface area contributed by atoms with Crippen LogP contribution in [0.4, 0.5) is 0 Å². The molecule has 0 saturated heterocycles. The summed E-state index contributed by atoms with van der Waals surface area (Å²) in [6.07, 6.45) is 3.30. The van der Waals surface area contributed by atoms with Crippen LogP contribution < -0.4 is 0 Å². The van der Waals surface area contributed by atoms with Crippen LogP contribution in [-0.2, 0) is 12.8 Å². The highest BCUT2D eigenvalue weighted by Gasteiger charge is 2.02. The lowest BCUT2D eigenvalue weighted by molar-refractivity contribution is 0.800. The van der Waals surface area contributed by atoms with Crippen LogP contribution in [0.3, 0.4) is 0 Å². The van der Waals surface area contributed by atoms with E-state index in [1.54, 1.807) is 11.3 Å². The topological polar surface area (TPSA) is 12.9 Å². The second-order valence-corrected chi connectivity index (χ2v) is 5.78. The molecule has 2 heterocycles. The molecular weight excluding hydrogens is 262 g/mol. The Bertz CT molecular complexity index is 644. The average molecular weight is 279 g/mol. The molecule has 3 rings (SSSR count). The summed E-state index contributed by atoms with van der Waals surface area (Å²) < 4.78 is 0. The van der Waals surface area contributed by atoms with Crippen molar-refractivity contribution in [3.8, 4) is 10.6 Å². The van der Waals surface area contributed by atoms with Gasteiger partial charge in [-0.2, -0.15) is 0 Å². The van der Waals surface area contributed by atoms with Crippen molar-refractivity contribution in [2.24, 2.45) is 0 Å². The summed E-state index contributed by atoms with van der Waals surface area (Å²) in [5.74, 6) is 0. The smallest absolute Gasteiger partial charge is 0.0804 e. The van der Waals surface area contributed by atoms with Crippen LogP contribution in [0.15, 0.2) is 66.0 Å². The maximum absolute atomic E-state index is 4.76. The third kappa shape index (κ3) is 3.34. The van der Waals surface area contributed by atoms with E-state index in [1.807, 2.05) is 0 Å². The van der Waals surface area contributed by atoms with Crippen molar-refractivity contribution >= 4 is 11.3 Å². The predicted molar refractivity (Wildman–Crippen MR) is 86.0 cm³/mol. The van der Waals surface area contributed by atoms with Gasteiger partial charge in [-0.1, -0.05) is 42.5 Å². The van der Waals surface area contributed by atoms with Crippen molar-refractivity contribution in [1.29, 1.82) is 0 Å². The van der Waals surface area contributed by atoms with Crippen molar-refractivity contribution in [2.75, 3.05) is 0 Å². The molecule has 3 aromatic rings. The molecule has 1 nitrogen and oxygen atoms in total. The van der Waals surface area contributed by atoms with Gasteiger partial charge in [0.05, 0.1) is 10.6 Å². The van der Waals surface area contributed by atoms with Crippen LogP contribution in [0.2, 0.25) is 0 Å². The largest absolute Gasteiger partial charge is 0.252 e. The quantitative estimate of drug-likeness (QED) is 0.641. The van der Waals surface area contributed by atoms with Gasteiger partial charge in [0.15, 0.2) is 0 Å². The van der Waals surface area contributed by atoms with Crippen molar-refractivity contribution in [3.05, 3.63) is 77.3 Å². The summed E-state index contributed by atoms with van der Waals surface area (Å²) >= 11 is 1.74. The second kappa shape index (κ2) is 6.49. The SMILES string of the molecule is c1ccc(CCCc2cccc(-c3cccs3)n2)cc1. The molecule has 0 unspecified atom stereocenters. The van der Waals surface area contributed by atoms with Crippen molar-refractivity contribution in [2.45, 2.75) is 19.3 Å². The highest BCUT2D eigenvalue weighted by atomic mass is 32.1. The van der Waals surface area contributed by atoms with E-state index in [0.717, 1.165) is 25.0 Å². The Hall–Kier alpha value is -1.93. The minimum Gasteiger partial charge on any atom is -0.252 e. The highest BCUT2D eigenvalue weighted by Crippen LogP contribution is 2.22. The Labute approximate surface area is 124 Å². The van der Waals surface area contributed by atoms with Crippen LogP contribution in [-0.4, -0.2) is 4.98 Å². The minimum absolute atomic E-state index is 1.04. The molecule has 0 bridgehead atoms. The third-order valence-corrected chi connectivity index (χ3v) is 4.21. The normalized spacial score (nSPS) is 10.6. The molecule has 0 saturated carbocycles. The summed E-state index contributed by atoms with van der Waals surface area (Å²) in [7, 11) is 0. The Balaban J connectivity index is 1.62. The molecule has 100 valence electrons. The molecular formula is C18H17NS. The summed E-state index contributed by atoms with van der Waals surface area (Å²) in [4.78, 5) is 6.00. The fraction of sp³-hybridized carbons (Fsp3) is 0.167. The van der Waals surface area contributed by atoms with Gasteiger partial charge in [0.2, 0.25) is 0 Å². The standard InChI is InChI=1S/C18H17NS/c1-2-7-15(8-3-1)9-4-10-16-11-5-12-17(19-16)18-13-6-14-20-18/h1-3,5-8,11-14H,4,9-10H2. The number of pyridine rings is 1. The number of hydrogen-bond acceptors (Lipinski definition) is 2. The predicted octanol–water partition coefficient (Wildman–Crippen LogP) is 4.99. The fourth-order valence-electron chi connectivity index (χ4n) is 2.30. The first-order valence-corrected chi connectivity index (χ1v) is 7.83. The fourth-order valence-corrected chi connectivity index (χ4v) is 2.99. The van der Waals surface area contributed by atoms with Gasteiger partial charge in [-0.25, -0.2) is 0 Å². The summed E-state index contributed by atoms with van der Waals surface area (Å²) in [5.41, 5.74) is 3.69. The van der Waals surface area contributed by atoms with Gasteiger partial charge in [-0.3, -0.25) is 4.98 Å². The zero-order valence-corrected chi connectivity index (χ0v) is 12.1. The molecule has 0 spiro atoms. The van der Waals surface area contributed by atoms with E-state index in [1.165, 1.54) is 16.1 Å². The lowest BCUT2D eigenvalue weighted by Gasteiger charge is -2.04. The molecule has 0 amide bonds. The Morgan fingerprint density at radius 2 is 1.70 bits per heavy atom. The van der Waals surface area contributed by atoms with Gasteiger partial charge in [0, 0.05) is 5.69 Å². The first-order valence-electron chi connectivity index (χ1n) is 6.95. The first-order chi connectivity index (χ1) is 9.92. The molecule has 2 heteroatoms. The molecule has 20 heavy (non-hydrogen) atoms. The Morgan fingerprint density at radius 1 is 0.800 bits per heavy atom. The Morgan fingerprint density at radius 3 is 2.50 bits per heavy atom. The van der Waals surface area contributed by atoms with Gasteiger partial charge >= 0.3 is 0 Å². The van der Waals surface area contributed by atoms with Crippen LogP contribution >= 0.6 is 11.3 Å². The van der Waals surface area contributed by atoms with Gasteiger partial charge in [0.25, 0.3) is 0 Å². The molecule has 0 radical (unpaired) electrons. The Kier molecular flexibility index (Phi) is 4.24. The van der Waals surface area contributed by atoms with E-state index in [2.05, 4.69) is 66.0 Å². The first kappa shape index (κ1) is 13.1. The number of nitrogens with zero attached hydrogens (tertiary/aromatic N) is 1. The summed E-state index contributed by atoms with van der Waals surface area (Å²) in [5, 5.41) is 2.10. The number of aryl methyl sites for hydroxylation is 2. The van der Waals surface area contributed by atoms with Crippen molar-refractivity contribution in [3.63, 3.8) is 0 Å². The summed E-state index contributed by atoms with van der Waals surface area (Å²) in [6, 6.07) is 21.2. The molecule has 0 atom stereocenters. The molecule has 0 aliphatic rings. The maximum Gasteiger partial charge on any atom is 0.0804 e. The number of rotatable bonds is 5. The molecule has 1 aromatic carbocycles. The van der Waals surface area contributed by atoms with Crippen LogP contribution in [0, 0.1) is 0 Å². The lowest BCUT2D eigenvalue weighted by Crippen LogP contribution is -1.94. The van der Waals surface area contributed by atoms with E-state index >= 15 is 0 Å². The van der Waals surface area contributed by atoms with Crippen LogP contribution in [0.1, 0.15) is 17.7 Å². The number of aromatic nitrogens is 1. The lowest BCUT2D eigenvalue weighted by atomic mass is 10.1. The van der Waals surface area contributed by atoms with Gasteiger partial charge < -0.3 is 0 Å². The van der Waals surface area contributed by atoms with Crippen molar-refractivity contribution in [1.82, 2.24) is 4.98 Å². The molecule has 2 aromatic heterocycles. The molecule has 0 N–H and O–H groups in total. The average Bonchev–Trinajstić information content (AvgIpc) is 3.03. The maximum atomic E-state index is 4.76. The van der Waals surface area contributed by atoms with Gasteiger partial charge in [-0.15, -0.1) is 11.3 Å². The van der Waals surface area contributed by atoms with E-state index in [4.69, 9.17) is 4.98 Å². The highest BCUT2D eigenvalue weighted by molar-refractivity contribution is 7.13. The molecule has 0 aliphatic heterocycles. The van der Waals surface area contributed by atoms with Crippen molar-refractivity contribution < 1.29 is 0 Å². The molecule has 0 fully saturated rings. The van der Waals surface area contributed by atoms with Crippen LogP contribution in [0.5, 0.6) is 0 Å². The monoisotopic (exact) mass is 279 g/mol. The van der Waals surface area contributed by atoms with Crippen LogP contribution in [0.25, 0.3) is 10.6 Å². The van der Waals surface area contributed by atoms with E-state index in [-0.39, 0.29) is 0 Å². The van der Waals surface area contributed by atoms with E-state index < -0.39 is 0 Å². The van der Waals surface area contributed by atoms with E-state index in [0.29, 0.717) is 0 Å². The zero-order valence-electron chi connectivity index (χ0n) is 11.3. The van der Waals surface area contributed by atoms with Gasteiger partial charge in [0.1, 0.15) is 0 Å². The third-order valence-electron chi connectivity index (χ3n) is 3.32. The second-order valence-electron chi connectivity index (χ2n) is 4.83. The van der Waals surface area contributed by atoms with E-state index in [9.17, 15) is 0 Å². The summed E-state index contributed by atoms with van der Waals surface area (Å²) in [6.45, 7) is 0. The zero-order chi connectivity index (χ0) is 13.6. The minimum atomic E-state index is 1.04. The number of thiophene rings is 1. The van der Waals surface area contributed by atoms with Gasteiger partial charge in [-0.05, 0) is 48.4 Å². The molecule has 0 aliphatic carbocycles.